The smallest absolute Gasteiger partial charge is 0.164 e. The lowest BCUT2D eigenvalue weighted by Crippen LogP contribution is -2.03. The van der Waals surface area contributed by atoms with Crippen molar-refractivity contribution in [3.63, 3.8) is 0 Å². The Morgan fingerprint density at radius 2 is 0.707 bits per heavy atom. The second-order valence-electron chi connectivity index (χ2n) is 17.7. The maximum Gasteiger partial charge on any atom is 0.164 e. The Morgan fingerprint density at radius 1 is 0.293 bits per heavy atom. The Bertz CT molecular complexity index is 4140. The van der Waals surface area contributed by atoms with E-state index in [1.807, 2.05) is 158 Å². The maximum absolute atomic E-state index is 10.3. The Balaban J connectivity index is 1.16. The van der Waals surface area contributed by atoms with Gasteiger partial charge in [-0.1, -0.05) is 146 Å². The Hall–Kier alpha value is -11.2. The molecule has 0 saturated carbocycles. The molecule has 0 saturated heterocycles. The summed E-state index contributed by atoms with van der Waals surface area (Å²) in [5, 5.41) is 41.8. The van der Waals surface area contributed by atoms with Crippen molar-refractivity contribution in [1.29, 1.82) is 21.0 Å². The minimum Gasteiger partial charge on any atom is -0.309 e. The van der Waals surface area contributed by atoms with E-state index in [0.29, 0.717) is 62.4 Å². The van der Waals surface area contributed by atoms with Gasteiger partial charge < -0.3 is 4.57 Å². The van der Waals surface area contributed by atoms with Gasteiger partial charge in [0.25, 0.3) is 0 Å². The summed E-state index contributed by atoms with van der Waals surface area (Å²) in [6.45, 7) is 0. The van der Waals surface area contributed by atoms with Gasteiger partial charge in [0.1, 0.15) is 0 Å². The summed E-state index contributed by atoms with van der Waals surface area (Å²) in [6, 6.07) is 79.4. The van der Waals surface area contributed by atoms with Crippen molar-refractivity contribution in [3.05, 3.63) is 241 Å². The fourth-order valence-corrected chi connectivity index (χ4v) is 9.61. The van der Waals surface area contributed by atoms with Crippen LogP contribution in [0, 0.1) is 45.3 Å². The molecule has 0 N–H and O–H groups in total. The van der Waals surface area contributed by atoms with E-state index in [0.717, 1.165) is 77.7 Å². The third kappa shape index (κ3) is 8.45. The van der Waals surface area contributed by atoms with Crippen LogP contribution in [-0.4, -0.2) is 29.5 Å². The monoisotopic (exact) mass is 956 g/mol. The molecule has 346 valence electrons. The standard InChI is InChI=1S/C65H36N10/c66-37-41-21-26-52(50(31-41)39-68)47-23-28-59-54(33-47)55-34-48(53-27-22-42(38-67)32-51(53)40-69)24-29-60(55)75(59)61-30-25-49(65-73-63(45-17-9-3-10-18-45)72-64(74-65)46-19-11-4-12-20-46)35-56(61)58-36-57(43-13-5-1-6-14-43)70-62(71-58)44-15-7-2-8-16-44/h1-36H. The van der Waals surface area contributed by atoms with E-state index in [2.05, 4.69) is 65.2 Å². The van der Waals surface area contributed by atoms with E-state index in [4.69, 9.17) is 24.9 Å². The van der Waals surface area contributed by atoms with Gasteiger partial charge >= 0.3 is 0 Å². The number of aromatic nitrogens is 6. The van der Waals surface area contributed by atoms with Gasteiger partial charge in [0.05, 0.1) is 74.6 Å². The van der Waals surface area contributed by atoms with Gasteiger partial charge in [-0.15, -0.1) is 0 Å². The molecule has 0 fully saturated rings. The number of rotatable bonds is 9. The van der Waals surface area contributed by atoms with Crippen LogP contribution in [0.4, 0.5) is 0 Å². The summed E-state index contributed by atoms with van der Waals surface area (Å²) in [7, 11) is 0. The van der Waals surface area contributed by atoms with E-state index < -0.39 is 0 Å². The number of nitrogens with zero attached hydrogens (tertiary/aromatic N) is 10. The summed E-state index contributed by atoms with van der Waals surface area (Å²) in [5.74, 6) is 2.08. The minimum absolute atomic E-state index is 0.378. The van der Waals surface area contributed by atoms with Gasteiger partial charge in [0, 0.05) is 44.2 Å². The van der Waals surface area contributed by atoms with E-state index in [1.54, 1.807) is 24.3 Å². The maximum atomic E-state index is 10.3. The first kappa shape index (κ1) is 45.0. The van der Waals surface area contributed by atoms with Crippen molar-refractivity contribution in [3.8, 4) is 120 Å². The topological polar surface area (TPSA) is 165 Å². The van der Waals surface area contributed by atoms with Crippen molar-refractivity contribution >= 4 is 21.8 Å². The molecule has 9 aromatic carbocycles. The van der Waals surface area contributed by atoms with Crippen LogP contribution < -0.4 is 0 Å². The van der Waals surface area contributed by atoms with Crippen molar-refractivity contribution in [2.75, 3.05) is 0 Å². The number of fused-ring (bicyclic) bond motifs is 3. The van der Waals surface area contributed by atoms with Gasteiger partial charge in [-0.05, 0) is 95.1 Å². The molecule has 10 nitrogen and oxygen atoms in total. The molecule has 10 heteroatoms. The van der Waals surface area contributed by atoms with Crippen LogP contribution in [0.25, 0.3) is 118 Å². The van der Waals surface area contributed by atoms with E-state index >= 15 is 0 Å². The highest BCUT2D eigenvalue weighted by Crippen LogP contribution is 2.42. The first-order valence-corrected chi connectivity index (χ1v) is 24.0. The van der Waals surface area contributed by atoms with Gasteiger partial charge in [-0.3, -0.25) is 0 Å². The average Bonchev–Trinajstić information content (AvgIpc) is 3.88. The van der Waals surface area contributed by atoms with Gasteiger partial charge in [0.2, 0.25) is 0 Å². The lowest BCUT2D eigenvalue weighted by molar-refractivity contribution is 1.07. The molecule has 0 atom stereocenters. The lowest BCUT2D eigenvalue weighted by Gasteiger charge is -2.17. The van der Waals surface area contributed by atoms with E-state index in [-0.39, 0.29) is 0 Å². The SMILES string of the molecule is N#Cc1ccc(-c2ccc3c(c2)c2cc(-c4ccc(C#N)cc4C#N)ccc2n3-c2ccc(-c3nc(-c4ccccc4)nc(-c4ccccc4)n3)cc2-c2cc(-c3ccccc3)nc(-c3ccccc3)n2)c(C#N)c1. The van der Waals surface area contributed by atoms with Gasteiger partial charge in [-0.25, -0.2) is 24.9 Å². The van der Waals surface area contributed by atoms with Crippen LogP contribution in [-0.2, 0) is 0 Å². The molecule has 0 radical (unpaired) electrons. The van der Waals surface area contributed by atoms with Crippen LogP contribution in [0.1, 0.15) is 22.3 Å². The molecule has 0 aliphatic heterocycles. The number of hydrogen-bond acceptors (Lipinski definition) is 9. The second kappa shape index (κ2) is 19.2. The molecule has 0 aliphatic carbocycles. The molecule has 0 aliphatic rings. The van der Waals surface area contributed by atoms with Crippen molar-refractivity contribution in [1.82, 2.24) is 29.5 Å². The molecule has 75 heavy (non-hydrogen) atoms. The lowest BCUT2D eigenvalue weighted by atomic mass is 9.95. The predicted octanol–water partition coefficient (Wildman–Crippen LogP) is 14.6. The third-order valence-corrected chi connectivity index (χ3v) is 13.2. The highest BCUT2D eigenvalue weighted by molar-refractivity contribution is 6.12. The predicted molar refractivity (Wildman–Crippen MR) is 292 cm³/mol. The van der Waals surface area contributed by atoms with Crippen LogP contribution in [0.3, 0.4) is 0 Å². The zero-order valence-corrected chi connectivity index (χ0v) is 39.8. The minimum atomic E-state index is 0.378. The van der Waals surface area contributed by atoms with Crippen molar-refractivity contribution in [2.24, 2.45) is 0 Å². The third-order valence-electron chi connectivity index (χ3n) is 13.2. The van der Waals surface area contributed by atoms with Crippen LogP contribution in [0.15, 0.2) is 218 Å². The quantitative estimate of drug-likeness (QED) is 0.137. The zero-order valence-electron chi connectivity index (χ0n) is 39.8. The summed E-state index contributed by atoms with van der Waals surface area (Å²) in [6.07, 6.45) is 0. The molecular formula is C65H36N10. The summed E-state index contributed by atoms with van der Waals surface area (Å²) >= 11 is 0. The highest BCUT2D eigenvalue weighted by atomic mass is 15.0. The Kier molecular flexibility index (Phi) is 11.5. The average molecular weight is 957 g/mol. The second-order valence-corrected chi connectivity index (χ2v) is 17.7. The van der Waals surface area contributed by atoms with Crippen LogP contribution in [0.5, 0.6) is 0 Å². The summed E-state index contributed by atoms with van der Waals surface area (Å²) in [5.41, 5.74) is 13.3. The van der Waals surface area contributed by atoms with Crippen LogP contribution >= 0.6 is 0 Å². The highest BCUT2D eigenvalue weighted by Gasteiger charge is 2.23. The molecule has 0 amide bonds. The summed E-state index contributed by atoms with van der Waals surface area (Å²) in [4.78, 5) is 25.8. The molecule has 12 aromatic rings. The fraction of sp³-hybridized carbons (Fsp3) is 0. The first-order valence-electron chi connectivity index (χ1n) is 24.0. The van der Waals surface area contributed by atoms with Crippen molar-refractivity contribution < 1.29 is 0 Å². The van der Waals surface area contributed by atoms with E-state index in [1.165, 1.54) is 0 Å². The largest absolute Gasteiger partial charge is 0.309 e. The van der Waals surface area contributed by atoms with Crippen LogP contribution in [0.2, 0.25) is 0 Å². The zero-order chi connectivity index (χ0) is 50.8. The van der Waals surface area contributed by atoms with E-state index in [9.17, 15) is 21.0 Å². The molecule has 0 unspecified atom stereocenters. The molecule has 12 rings (SSSR count). The Labute approximate surface area is 431 Å². The molecule has 3 aromatic heterocycles. The molecular weight excluding hydrogens is 921 g/mol. The number of benzene rings is 9. The number of nitriles is 4. The van der Waals surface area contributed by atoms with Gasteiger partial charge in [-0.2, -0.15) is 21.0 Å². The molecule has 0 bridgehead atoms. The first-order chi connectivity index (χ1) is 37.0. The van der Waals surface area contributed by atoms with Crippen molar-refractivity contribution in [2.45, 2.75) is 0 Å². The number of hydrogen-bond donors (Lipinski definition) is 0. The van der Waals surface area contributed by atoms with Gasteiger partial charge in [0.15, 0.2) is 23.3 Å². The molecule has 3 heterocycles. The normalized spacial score (nSPS) is 10.9. The molecule has 0 spiro atoms. The summed E-state index contributed by atoms with van der Waals surface area (Å²) < 4.78 is 2.22. The fourth-order valence-electron chi connectivity index (χ4n) is 9.61. The Morgan fingerprint density at radius 3 is 1.16 bits per heavy atom.